The van der Waals surface area contributed by atoms with E-state index >= 15 is 0 Å². The number of ether oxygens (including phenoxy) is 1. The highest BCUT2D eigenvalue weighted by atomic mass is 32.2. The second-order valence-corrected chi connectivity index (χ2v) is 7.31. The molecule has 9 heteroatoms. The van der Waals surface area contributed by atoms with Crippen LogP contribution < -0.4 is 10.6 Å². The fourth-order valence-electron chi connectivity index (χ4n) is 1.81. The summed E-state index contributed by atoms with van der Waals surface area (Å²) in [5.41, 5.74) is 0.886. The third-order valence-electron chi connectivity index (χ3n) is 3.02. The standard InChI is InChI=1S/C16H19N3O4S2/c1-2-3-8-17-15(22)19-13(20)9-23-14(21)10-24-16-18-11-6-4-5-7-12(11)25-16/h4-7H,2-3,8-10H2,1H3,(H2,17,19,20,22). The van der Waals surface area contributed by atoms with Crippen LogP contribution in [0.25, 0.3) is 10.2 Å². The van der Waals surface area contributed by atoms with E-state index < -0.39 is 24.5 Å². The van der Waals surface area contributed by atoms with Crippen LogP contribution in [0.5, 0.6) is 0 Å². The molecule has 0 spiro atoms. The van der Waals surface area contributed by atoms with Crippen molar-refractivity contribution in [3.63, 3.8) is 0 Å². The maximum atomic E-state index is 11.7. The first-order valence-corrected chi connectivity index (χ1v) is 9.60. The average molecular weight is 381 g/mol. The molecule has 2 aromatic rings. The van der Waals surface area contributed by atoms with Crippen LogP contribution in [-0.2, 0) is 14.3 Å². The molecule has 0 aliphatic rings. The molecule has 0 atom stereocenters. The number of unbranched alkanes of at least 4 members (excludes halogenated alkanes) is 1. The number of imide groups is 1. The van der Waals surface area contributed by atoms with Gasteiger partial charge in [0.2, 0.25) is 0 Å². The summed E-state index contributed by atoms with van der Waals surface area (Å²) < 4.78 is 6.66. The van der Waals surface area contributed by atoms with Crippen molar-refractivity contribution >= 4 is 51.2 Å². The molecule has 1 aromatic heterocycles. The number of thioether (sulfide) groups is 1. The second kappa shape index (κ2) is 10.00. The molecule has 134 valence electrons. The molecule has 0 aliphatic heterocycles. The Morgan fingerprint density at radius 3 is 2.84 bits per heavy atom. The first-order valence-electron chi connectivity index (χ1n) is 7.80. The summed E-state index contributed by atoms with van der Waals surface area (Å²) in [4.78, 5) is 39.0. The van der Waals surface area contributed by atoms with Gasteiger partial charge in [-0.2, -0.15) is 0 Å². The SMILES string of the molecule is CCCCNC(=O)NC(=O)COC(=O)CSc1nc2ccccc2s1. The molecule has 3 amide bonds. The van der Waals surface area contributed by atoms with Crippen molar-refractivity contribution in [2.45, 2.75) is 24.1 Å². The molecule has 0 saturated heterocycles. The number of thiazole rings is 1. The normalized spacial score (nSPS) is 10.4. The highest BCUT2D eigenvalue weighted by molar-refractivity contribution is 8.01. The number of aromatic nitrogens is 1. The summed E-state index contributed by atoms with van der Waals surface area (Å²) >= 11 is 2.75. The lowest BCUT2D eigenvalue weighted by Gasteiger charge is -2.06. The van der Waals surface area contributed by atoms with E-state index in [0.717, 1.165) is 27.4 Å². The van der Waals surface area contributed by atoms with E-state index in [0.29, 0.717) is 6.54 Å². The number of urea groups is 1. The van der Waals surface area contributed by atoms with Gasteiger partial charge in [0.05, 0.1) is 16.0 Å². The summed E-state index contributed by atoms with van der Waals surface area (Å²) in [6.07, 6.45) is 1.78. The molecular weight excluding hydrogens is 362 g/mol. The van der Waals surface area contributed by atoms with Crippen molar-refractivity contribution in [2.75, 3.05) is 18.9 Å². The predicted octanol–water partition coefficient (Wildman–Crippen LogP) is 2.56. The van der Waals surface area contributed by atoms with Crippen molar-refractivity contribution in [1.82, 2.24) is 15.6 Å². The Bertz CT molecular complexity index is 715. The van der Waals surface area contributed by atoms with Gasteiger partial charge in [-0.05, 0) is 18.6 Å². The first-order chi connectivity index (χ1) is 12.1. The number of esters is 1. The minimum Gasteiger partial charge on any atom is -0.455 e. The number of benzene rings is 1. The summed E-state index contributed by atoms with van der Waals surface area (Å²) in [7, 11) is 0. The topological polar surface area (TPSA) is 97.4 Å². The van der Waals surface area contributed by atoms with Gasteiger partial charge in [0.15, 0.2) is 10.9 Å². The van der Waals surface area contributed by atoms with E-state index in [4.69, 9.17) is 4.74 Å². The van der Waals surface area contributed by atoms with Gasteiger partial charge in [0.25, 0.3) is 5.91 Å². The van der Waals surface area contributed by atoms with Crippen LogP contribution >= 0.6 is 23.1 Å². The van der Waals surface area contributed by atoms with E-state index in [2.05, 4.69) is 15.6 Å². The zero-order valence-corrected chi connectivity index (χ0v) is 15.4. The van der Waals surface area contributed by atoms with Gasteiger partial charge in [0.1, 0.15) is 0 Å². The van der Waals surface area contributed by atoms with E-state index in [9.17, 15) is 14.4 Å². The molecule has 0 fully saturated rings. The number of hydrogen-bond acceptors (Lipinski definition) is 7. The quantitative estimate of drug-likeness (QED) is 0.414. The van der Waals surface area contributed by atoms with E-state index in [-0.39, 0.29) is 5.75 Å². The van der Waals surface area contributed by atoms with E-state index in [1.165, 1.54) is 23.1 Å². The van der Waals surface area contributed by atoms with E-state index in [1.807, 2.05) is 31.2 Å². The highest BCUT2D eigenvalue weighted by Crippen LogP contribution is 2.29. The van der Waals surface area contributed by atoms with Gasteiger partial charge in [-0.1, -0.05) is 37.2 Å². The molecule has 0 saturated carbocycles. The molecule has 0 radical (unpaired) electrons. The summed E-state index contributed by atoms with van der Waals surface area (Å²) in [6, 6.07) is 7.12. The van der Waals surface area contributed by atoms with Crippen molar-refractivity contribution in [1.29, 1.82) is 0 Å². The van der Waals surface area contributed by atoms with Crippen molar-refractivity contribution in [3.05, 3.63) is 24.3 Å². The lowest BCUT2D eigenvalue weighted by atomic mass is 10.3. The monoisotopic (exact) mass is 381 g/mol. The third-order valence-corrected chi connectivity index (χ3v) is 5.17. The van der Waals surface area contributed by atoms with Gasteiger partial charge >= 0.3 is 12.0 Å². The molecule has 25 heavy (non-hydrogen) atoms. The maximum absolute atomic E-state index is 11.7. The zero-order chi connectivity index (χ0) is 18.1. The van der Waals surface area contributed by atoms with Crippen LogP contribution in [0.4, 0.5) is 4.79 Å². The Kier molecular flexibility index (Phi) is 7.68. The molecule has 0 unspecified atom stereocenters. The van der Waals surface area contributed by atoms with Crippen molar-refractivity contribution in [2.24, 2.45) is 0 Å². The van der Waals surface area contributed by atoms with Crippen LogP contribution in [-0.4, -0.2) is 41.8 Å². The summed E-state index contributed by atoms with van der Waals surface area (Å²) in [5.74, 6) is -1.14. The fraction of sp³-hybridized carbons (Fsp3) is 0.375. The smallest absolute Gasteiger partial charge is 0.321 e. The predicted molar refractivity (Wildman–Crippen MR) is 97.8 cm³/mol. The van der Waals surface area contributed by atoms with Gasteiger partial charge in [-0.3, -0.25) is 14.9 Å². The van der Waals surface area contributed by atoms with Crippen LogP contribution in [0, 0.1) is 0 Å². The number of para-hydroxylation sites is 1. The zero-order valence-electron chi connectivity index (χ0n) is 13.7. The average Bonchev–Trinajstić information content (AvgIpc) is 3.01. The number of carbonyl (C=O) groups excluding carboxylic acids is 3. The molecule has 2 N–H and O–H groups in total. The van der Waals surface area contributed by atoms with Gasteiger partial charge in [-0.25, -0.2) is 9.78 Å². The Balaban J connectivity index is 1.66. The number of rotatable bonds is 8. The Hall–Kier alpha value is -2.13. The number of carbonyl (C=O) groups is 3. The summed E-state index contributed by atoms with van der Waals surface area (Å²) in [6.45, 7) is 2.01. The molecule has 0 bridgehead atoms. The highest BCUT2D eigenvalue weighted by Gasteiger charge is 2.12. The number of fused-ring (bicyclic) bond motifs is 1. The lowest BCUT2D eigenvalue weighted by Crippen LogP contribution is -2.41. The maximum Gasteiger partial charge on any atom is 0.321 e. The van der Waals surface area contributed by atoms with Gasteiger partial charge in [0, 0.05) is 6.54 Å². The van der Waals surface area contributed by atoms with Crippen LogP contribution in [0.15, 0.2) is 28.6 Å². The Morgan fingerprint density at radius 2 is 2.08 bits per heavy atom. The number of nitrogens with zero attached hydrogens (tertiary/aromatic N) is 1. The molecule has 1 aromatic carbocycles. The third kappa shape index (κ3) is 6.71. The van der Waals surface area contributed by atoms with Crippen LogP contribution in [0.2, 0.25) is 0 Å². The number of amides is 3. The Morgan fingerprint density at radius 1 is 1.28 bits per heavy atom. The first kappa shape index (κ1) is 19.2. The second-order valence-electron chi connectivity index (χ2n) is 5.05. The minimum absolute atomic E-state index is 0.0514. The fourth-order valence-corrected chi connectivity index (χ4v) is 3.67. The number of nitrogens with one attached hydrogen (secondary N) is 2. The Labute approximate surface area is 153 Å². The minimum atomic E-state index is -0.660. The molecule has 7 nitrogen and oxygen atoms in total. The molecule has 1 heterocycles. The lowest BCUT2D eigenvalue weighted by molar-refractivity contribution is -0.145. The number of hydrogen-bond donors (Lipinski definition) is 2. The summed E-state index contributed by atoms with van der Waals surface area (Å²) in [5, 5.41) is 4.64. The van der Waals surface area contributed by atoms with Crippen molar-refractivity contribution < 1.29 is 19.1 Å². The van der Waals surface area contributed by atoms with E-state index in [1.54, 1.807) is 0 Å². The van der Waals surface area contributed by atoms with Crippen LogP contribution in [0.3, 0.4) is 0 Å². The largest absolute Gasteiger partial charge is 0.455 e. The molecule has 0 aliphatic carbocycles. The van der Waals surface area contributed by atoms with Crippen LogP contribution in [0.1, 0.15) is 19.8 Å². The van der Waals surface area contributed by atoms with Crippen molar-refractivity contribution in [3.8, 4) is 0 Å². The van der Waals surface area contributed by atoms with Gasteiger partial charge < -0.3 is 10.1 Å². The molecule has 2 rings (SSSR count). The molecular formula is C16H19N3O4S2. The van der Waals surface area contributed by atoms with Gasteiger partial charge in [-0.15, -0.1) is 11.3 Å².